The lowest BCUT2D eigenvalue weighted by Gasteiger charge is -2.10. The van der Waals surface area contributed by atoms with Gasteiger partial charge in [-0.05, 0) is 43.5 Å². The van der Waals surface area contributed by atoms with E-state index in [-0.39, 0.29) is 17.8 Å². The van der Waals surface area contributed by atoms with Crippen LogP contribution in [0.3, 0.4) is 0 Å². The lowest BCUT2D eigenvalue weighted by Crippen LogP contribution is -2.07. The van der Waals surface area contributed by atoms with E-state index in [2.05, 4.69) is 4.98 Å². The van der Waals surface area contributed by atoms with Crippen LogP contribution in [0, 0.1) is 0 Å². The summed E-state index contributed by atoms with van der Waals surface area (Å²) in [6, 6.07) is 7.68. The van der Waals surface area contributed by atoms with E-state index >= 15 is 0 Å². The van der Waals surface area contributed by atoms with E-state index in [0.717, 1.165) is 41.1 Å². The molecule has 146 valence electrons. The Morgan fingerprint density at radius 2 is 2.04 bits per heavy atom. The van der Waals surface area contributed by atoms with Crippen LogP contribution in [0.5, 0.6) is 5.75 Å². The number of benzene rings is 1. The number of hydrogen-bond donors (Lipinski definition) is 0. The standard InChI is InChI=1S/C20H20N2O4S2/c1-25-13-8-6-12(7-9-13)22-19-17(18(24)14-4-3-5-15(14)28-19)21-20(22)27-11-10-16(23)26-2/h6-9H,3-5,10-11H2,1-2H3. The van der Waals surface area contributed by atoms with Crippen LogP contribution in [-0.2, 0) is 22.4 Å². The fourth-order valence-electron chi connectivity index (χ4n) is 3.34. The largest absolute Gasteiger partial charge is 0.497 e. The van der Waals surface area contributed by atoms with Crippen molar-refractivity contribution in [2.45, 2.75) is 30.8 Å². The molecular formula is C20H20N2O4S2. The number of aryl methyl sites for hydroxylation is 1. The fraction of sp³-hybridized carbons (Fsp3) is 0.350. The van der Waals surface area contributed by atoms with E-state index in [1.165, 1.54) is 23.7 Å². The lowest BCUT2D eigenvalue weighted by molar-refractivity contribution is -0.140. The number of methoxy groups -OCH3 is 2. The van der Waals surface area contributed by atoms with Crippen LogP contribution < -0.4 is 10.2 Å². The van der Waals surface area contributed by atoms with Crippen molar-refractivity contribution in [1.82, 2.24) is 9.55 Å². The van der Waals surface area contributed by atoms with Crippen LogP contribution in [0.15, 0.2) is 34.2 Å². The van der Waals surface area contributed by atoms with Gasteiger partial charge in [-0.15, -0.1) is 11.3 Å². The van der Waals surface area contributed by atoms with E-state index in [1.54, 1.807) is 18.4 Å². The minimum Gasteiger partial charge on any atom is -0.497 e. The molecule has 3 aromatic rings. The number of fused-ring (bicyclic) bond motifs is 2. The SMILES string of the molecule is COC(=O)CCSc1nc2c(=O)c3c(sc2n1-c1ccc(OC)cc1)CCC3. The molecule has 0 amide bonds. The maximum Gasteiger partial charge on any atom is 0.306 e. The number of thioether (sulfide) groups is 1. The first-order chi connectivity index (χ1) is 13.6. The van der Waals surface area contributed by atoms with Gasteiger partial charge in [0.25, 0.3) is 0 Å². The van der Waals surface area contributed by atoms with Gasteiger partial charge in [0.1, 0.15) is 16.1 Å². The third kappa shape index (κ3) is 3.42. The van der Waals surface area contributed by atoms with Crippen molar-refractivity contribution >= 4 is 39.4 Å². The second-order valence-electron chi connectivity index (χ2n) is 6.44. The predicted octanol–water partition coefficient (Wildman–Crippen LogP) is 3.60. The van der Waals surface area contributed by atoms with Gasteiger partial charge in [-0.1, -0.05) is 11.8 Å². The second kappa shape index (κ2) is 7.97. The second-order valence-corrected chi connectivity index (χ2v) is 8.59. The Morgan fingerprint density at radius 3 is 2.75 bits per heavy atom. The predicted molar refractivity (Wildman–Crippen MR) is 111 cm³/mol. The Morgan fingerprint density at radius 1 is 1.25 bits per heavy atom. The number of aromatic nitrogens is 2. The number of nitrogens with zero attached hydrogens (tertiary/aromatic N) is 2. The highest BCUT2D eigenvalue weighted by Crippen LogP contribution is 2.34. The molecule has 0 unspecified atom stereocenters. The first-order valence-corrected chi connectivity index (χ1v) is 10.8. The van der Waals surface area contributed by atoms with Gasteiger partial charge in [0.2, 0.25) is 5.43 Å². The van der Waals surface area contributed by atoms with Gasteiger partial charge in [0.05, 0.1) is 20.6 Å². The third-order valence-electron chi connectivity index (χ3n) is 4.78. The minimum absolute atomic E-state index is 0.0447. The monoisotopic (exact) mass is 416 g/mol. The van der Waals surface area contributed by atoms with Crippen molar-refractivity contribution in [3.8, 4) is 11.4 Å². The summed E-state index contributed by atoms with van der Waals surface area (Å²) in [6.07, 6.45) is 3.10. The average molecular weight is 417 g/mol. The zero-order valence-electron chi connectivity index (χ0n) is 15.7. The zero-order chi connectivity index (χ0) is 19.7. The van der Waals surface area contributed by atoms with E-state index in [9.17, 15) is 9.59 Å². The van der Waals surface area contributed by atoms with Crippen molar-refractivity contribution in [3.63, 3.8) is 0 Å². The zero-order valence-corrected chi connectivity index (χ0v) is 17.3. The van der Waals surface area contributed by atoms with Gasteiger partial charge in [-0.2, -0.15) is 0 Å². The Balaban J connectivity index is 1.82. The van der Waals surface area contributed by atoms with Crippen molar-refractivity contribution in [3.05, 3.63) is 44.9 Å². The van der Waals surface area contributed by atoms with Crippen LogP contribution in [-0.4, -0.2) is 35.5 Å². The number of esters is 1. The summed E-state index contributed by atoms with van der Waals surface area (Å²) in [7, 11) is 3.01. The highest BCUT2D eigenvalue weighted by molar-refractivity contribution is 7.99. The highest BCUT2D eigenvalue weighted by Gasteiger charge is 2.23. The summed E-state index contributed by atoms with van der Waals surface area (Å²) in [5.74, 6) is 1.04. The summed E-state index contributed by atoms with van der Waals surface area (Å²) in [4.78, 5) is 31.1. The maximum absolute atomic E-state index is 13.0. The molecule has 2 heterocycles. The van der Waals surface area contributed by atoms with E-state index in [4.69, 9.17) is 9.47 Å². The summed E-state index contributed by atoms with van der Waals surface area (Å²) in [5.41, 5.74) is 2.39. The van der Waals surface area contributed by atoms with Crippen molar-refractivity contribution < 1.29 is 14.3 Å². The number of carbonyl (C=O) groups excluding carboxylic acids is 1. The minimum atomic E-state index is -0.258. The topological polar surface area (TPSA) is 70.4 Å². The third-order valence-corrected chi connectivity index (χ3v) is 6.98. The molecule has 1 aromatic carbocycles. The average Bonchev–Trinajstić information content (AvgIpc) is 3.33. The van der Waals surface area contributed by atoms with Gasteiger partial charge in [0.15, 0.2) is 5.16 Å². The lowest BCUT2D eigenvalue weighted by atomic mass is 10.2. The number of imidazole rings is 1. The molecule has 28 heavy (non-hydrogen) atoms. The van der Waals surface area contributed by atoms with Crippen LogP contribution in [0.4, 0.5) is 0 Å². The molecule has 0 aliphatic heterocycles. The first-order valence-electron chi connectivity index (χ1n) is 9.03. The molecule has 1 aliphatic rings. The molecule has 0 spiro atoms. The van der Waals surface area contributed by atoms with Gasteiger partial charge in [-0.3, -0.25) is 14.2 Å². The van der Waals surface area contributed by atoms with Gasteiger partial charge in [-0.25, -0.2) is 4.98 Å². The number of ether oxygens (including phenoxy) is 2. The molecule has 8 heteroatoms. The smallest absolute Gasteiger partial charge is 0.306 e. The molecule has 6 nitrogen and oxygen atoms in total. The van der Waals surface area contributed by atoms with Gasteiger partial charge in [0, 0.05) is 21.9 Å². The Hall–Kier alpha value is -2.32. The molecule has 2 aromatic heterocycles. The molecule has 4 rings (SSSR count). The van der Waals surface area contributed by atoms with E-state index in [0.29, 0.717) is 16.4 Å². The summed E-state index contributed by atoms with van der Waals surface area (Å²) in [5, 5.41) is 0.709. The molecule has 0 radical (unpaired) electrons. The van der Waals surface area contributed by atoms with Crippen LogP contribution in [0.25, 0.3) is 16.0 Å². The van der Waals surface area contributed by atoms with Crippen molar-refractivity contribution in [2.75, 3.05) is 20.0 Å². The molecule has 0 bridgehead atoms. The van der Waals surface area contributed by atoms with Crippen molar-refractivity contribution in [1.29, 1.82) is 0 Å². The first kappa shape index (κ1) is 19.0. The molecule has 0 fully saturated rings. The molecule has 0 N–H and O–H groups in total. The summed E-state index contributed by atoms with van der Waals surface area (Å²) >= 11 is 3.11. The Bertz CT molecular complexity index is 1090. The van der Waals surface area contributed by atoms with Crippen molar-refractivity contribution in [2.24, 2.45) is 0 Å². The molecule has 0 atom stereocenters. The van der Waals surface area contributed by atoms with Gasteiger partial charge >= 0.3 is 5.97 Å². The summed E-state index contributed by atoms with van der Waals surface area (Å²) in [6.45, 7) is 0. The van der Waals surface area contributed by atoms with E-state index in [1.807, 2.05) is 28.8 Å². The molecule has 0 saturated carbocycles. The number of rotatable bonds is 6. The van der Waals surface area contributed by atoms with Crippen LogP contribution >= 0.6 is 23.1 Å². The fourth-order valence-corrected chi connectivity index (χ4v) is 5.65. The maximum atomic E-state index is 13.0. The molecule has 0 saturated heterocycles. The summed E-state index contributed by atoms with van der Waals surface area (Å²) < 4.78 is 12.0. The van der Waals surface area contributed by atoms with Gasteiger partial charge < -0.3 is 9.47 Å². The Kier molecular flexibility index (Phi) is 5.41. The van der Waals surface area contributed by atoms with Crippen LogP contribution in [0.1, 0.15) is 23.3 Å². The van der Waals surface area contributed by atoms with E-state index < -0.39 is 0 Å². The highest BCUT2D eigenvalue weighted by atomic mass is 32.2. The number of hydrogen-bond acceptors (Lipinski definition) is 7. The normalized spacial score (nSPS) is 12.9. The number of carbonyl (C=O) groups is 1. The Labute approximate surface area is 170 Å². The quantitative estimate of drug-likeness (QED) is 0.452. The molecule has 1 aliphatic carbocycles. The van der Waals surface area contributed by atoms with Crippen LogP contribution in [0.2, 0.25) is 0 Å². The molecular weight excluding hydrogens is 396 g/mol.